The van der Waals surface area contributed by atoms with Gasteiger partial charge in [-0.2, -0.15) is 5.26 Å². The Morgan fingerprint density at radius 3 is 2.21 bits per heavy atom. The highest BCUT2D eigenvalue weighted by atomic mass is 16.9. The van der Waals surface area contributed by atoms with Crippen LogP contribution in [-0.2, 0) is 0 Å². The number of hydrogen-bond donors (Lipinski definition) is 3. The molecule has 1 rings (SSSR count). The van der Waals surface area contributed by atoms with E-state index in [1.807, 2.05) is 6.07 Å². The summed E-state index contributed by atoms with van der Waals surface area (Å²) in [5.74, 6) is 5.11. The van der Waals surface area contributed by atoms with Gasteiger partial charge in [-0.25, -0.2) is 0 Å². The molecular weight excluding hydrogens is 188 g/mol. The fourth-order valence-corrected chi connectivity index (χ4v) is 0.641. The van der Waals surface area contributed by atoms with E-state index in [-0.39, 0.29) is 0 Å². The Kier molecular flexibility index (Phi) is 5.18. The summed E-state index contributed by atoms with van der Waals surface area (Å²) in [6, 6.07) is 8.91. The van der Waals surface area contributed by atoms with Crippen molar-refractivity contribution >= 4 is 5.69 Å². The number of nitrogens with zero attached hydrogens (tertiary/aromatic N) is 2. The van der Waals surface area contributed by atoms with E-state index in [0.717, 1.165) is 5.69 Å². The third-order valence-corrected chi connectivity index (χ3v) is 1.18. The first kappa shape index (κ1) is 11.7. The van der Waals surface area contributed by atoms with Gasteiger partial charge < -0.3 is 10.6 Å². The normalized spacial score (nSPS) is 7.71. The van der Waals surface area contributed by atoms with Crippen molar-refractivity contribution in [2.45, 2.75) is 0 Å². The van der Waals surface area contributed by atoms with Crippen molar-refractivity contribution in [3.05, 3.63) is 39.9 Å². The van der Waals surface area contributed by atoms with Gasteiger partial charge in [0.05, 0.1) is 11.6 Å². The van der Waals surface area contributed by atoms with E-state index in [1.54, 1.807) is 24.3 Å². The molecule has 74 valence electrons. The largest absolute Gasteiger partial charge is 0.328 e. The van der Waals surface area contributed by atoms with Crippen molar-refractivity contribution in [1.29, 1.82) is 5.26 Å². The van der Waals surface area contributed by atoms with Gasteiger partial charge in [0.15, 0.2) is 0 Å². The quantitative estimate of drug-likeness (QED) is 0.341. The Morgan fingerprint density at radius 2 is 1.93 bits per heavy atom. The first-order chi connectivity index (χ1) is 6.60. The molecule has 1 aromatic carbocycles. The zero-order chi connectivity index (χ0) is 11.0. The van der Waals surface area contributed by atoms with Crippen molar-refractivity contribution in [2.24, 2.45) is 5.84 Å². The molecule has 0 bridgehead atoms. The van der Waals surface area contributed by atoms with Gasteiger partial charge in [-0.1, -0.05) is 0 Å². The van der Waals surface area contributed by atoms with Crippen molar-refractivity contribution in [3.8, 4) is 6.07 Å². The topological polar surface area (TPSA) is 125 Å². The van der Waals surface area contributed by atoms with Gasteiger partial charge in [-0.05, 0) is 24.3 Å². The maximum absolute atomic E-state index is 8.40. The molecule has 0 aromatic heterocycles. The highest BCUT2D eigenvalue weighted by Gasteiger charge is 1.88. The molecule has 0 unspecified atom stereocenters. The Hall–Kier alpha value is -2.33. The second kappa shape index (κ2) is 6.22. The van der Waals surface area contributed by atoms with Crippen LogP contribution < -0.4 is 11.3 Å². The fraction of sp³-hybridized carbons (Fsp3) is 0. The van der Waals surface area contributed by atoms with Crippen LogP contribution in [0.2, 0.25) is 0 Å². The number of rotatable bonds is 1. The van der Waals surface area contributed by atoms with Gasteiger partial charge in [0, 0.05) is 5.69 Å². The molecule has 0 atom stereocenters. The number of nitriles is 1. The SMILES string of the molecule is N#Cc1ccc(NN)cc1.O=[N+]([O-])O. The number of nitrogens with one attached hydrogen (secondary N) is 1. The Balaban J connectivity index is 0.000000364. The average molecular weight is 196 g/mol. The lowest BCUT2D eigenvalue weighted by atomic mass is 10.2. The molecule has 0 aliphatic rings. The highest BCUT2D eigenvalue weighted by molar-refractivity contribution is 5.45. The number of hydrogen-bond acceptors (Lipinski definition) is 5. The van der Waals surface area contributed by atoms with Crippen LogP contribution in [0.4, 0.5) is 5.69 Å². The zero-order valence-electron chi connectivity index (χ0n) is 7.04. The van der Waals surface area contributed by atoms with Crippen LogP contribution in [0.25, 0.3) is 0 Å². The van der Waals surface area contributed by atoms with Crippen molar-refractivity contribution in [2.75, 3.05) is 5.43 Å². The van der Waals surface area contributed by atoms with Crippen molar-refractivity contribution in [1.82, 2.24) is 0 Å². The van der Waals surface area contributed by atoms with Gasteiger partial charge in [0.1, 0.15) is 0 Å². The highest BCUT2D eigenvalue weighted by Crippen LogP contribution is 2.05. The summed E-state index contributed by atoms with van der Waals surface area (Å²) in [6.45, 7) is 0. The lowest BCUT2D eigenvalue weighted by molar-refractivity contribution is -0.742. The smallest absolute Gasteiger partial charge is 0.291 e. The zero-order valence-corrected chi connectivity index (χ0v) is 7.04. The summed E-state index contributed by atoms with van der Waals surface area (Å²) in [7, 11) is 0. The minimum absolute atomic E-state index is 0.638. The predicted octanol–water partition coefficient (Wildman–Crippen LogP) is 0.496. The monoisotopic (exact) mass is 196 g/mol. The van der Waals surface area contributed by atoms with E-state index in [4.69, 9.17) is 26.4 Å². The molecule has 7 heteroatoms. The maximum atomic E-state index is 8.40. The summed E-state index contributed by atoms with van der Waals surface area (Å²) in [5.41, 5.74) is 3.91. The lowest BCUT2D eigenvalue weighted by Crippen LogP contribution is -2.05. The molecule has 0 saturated carbocycles. The first-order valence-corrected chi connectivity index (χ1v) is 3.40. The predicted molar refractivity (Wildman–Crippen MR) is 47.7 cm³/mol. The fourth-order valence-electron chi connectivity index (χ4n) is 0.641. The summed E-state index contributed by atoms with van der Waals surface area (Å²) >= 11 is 0. The number of hydrazine groups is 1. The third-order valence-electron chi connectivity index (χ3n) is 1.18. The molecule has 0 radical (unpaired) electrons. The van der Waals surface area contributed by atoms with Crippen LogP contribution in [0.15, 0.2) is 24.3 Å². The molecule has 0 amide bonds. The standard InChI is InChI=1S/C7H7N3.HNO3/c8-5-6-1-3-7(10-9)4-2-6;2-1(3)4/h1-4,10H,9H2;(H,2,3,4). The first-order valence-electron chi connectivity index (χ1n) is 3.40. The van der Waals surface area contributed by atoms with Gasteiger partial charge in [0.2, 0.25) is 0 Å². The summed E-state index contributed by atoms with van der Waals surface area (Å²) in [6.07, 6.45) is 0. The van der Waals surface area contributed by atoms with Crippen molar-refractivity contribution in [3.63, 3.8) is 0 Å². The Labute approximate surface area is 79.5 Å². The van der Waals surface area contributed by atoms with Crippen LogP contribution in [0.5, 0.6) is 0 Å². The minimum atomic E-state index is -1.50. The van der Waals surface area contributed by atoms with E-state index in [0.29, 0.717) is 5.56 Å². The van der Waals surface area contributed by atoms with E-state index < -0.39 is 5.09 Å². The van der Waals surface area contributed by atoms with Crippen LogP contribution in [-0.4, -0.2) is 10.3 Å². The van der Waals surface area contributed by atoms with Crippen LogP contribution in [0.1, 0.15) is 5.56 Å². The van der Waals surface area contributed by atoms with Gasteiger partial charge in [0.25, 0.3) is 5.09 Å². The van der Waals surface area contributed by atoms with E-state index >= 15 is 0 Å². The van der Waals surface area contributed by atoms with Crippen molar-refractivity contribution < 1.29 is 10.3 Å². The molecule has 0 fully saturated rings. The maximum Gasteiger partial charge on any atom is 0.291 e. The summed E-state index contributed by atoms with van der Waals surface area (Å²) in [5, 5.41) is 22.0. The number of nitrogens with two attached hydrogens (primary N) is 1. The lowest BCUT2D eigenvalue weighted by Gasteiger charge is -1.96. The second-order valence-electron chi connectivity index (χ2n) is 2.07. The Morgan fingerprint density at radius 1 is 1.50 bits per heavy atom. The molecular formula is C7H8N4O3. The minimum Gasteiger partial charge on any atom is -0.328 e. The van der Waals surface area contributed by atoms with Gasteiger partial charge in [-0.15, -0.1) is 10.1 Å². The van der Waals surface area contributed by atoms with Crippen LogP contribution in [0.3, 0.4) is 0 Å². The molecule has 0 aliphatic heterocycles. The molecule has 0 spiro atoms. The second-order valence-corrected chi connectivity index (χ2v) is 2.07. The molecule has 0 saturated heterocycles. The molecule has 1 aromatic rings. The van der Waals surface area contributed by atoms with Crippen LogP contribution >= 0.6 is 0 Å². The third kappa shape index (κ3) is 5.34. The molecule has 14 heavy (non-hydrogen) atoms. The number of nitrogen functional groups attached to an aromatic ring is 1. The molecule has 7 nitrogen and oxygen atoms in total. The molecule has 4 N–H and O–H groups in total. The van der Waals surface area contributed by atoms with E-state index in [2.05, 4.69) is 5.43 Å². The number of benzene rings is 1. The van der Waals surface area contributed by atoms with Crippen LogP contribution in [0, 0.1) is 21.4 Å². The molecule has 0 heterocycles. The number of anilines is 1. The van der Waals surface area contributed by atoms with Gasteiger partial charge >= 0.3 is 0 Å². The Bertz CT molecular complexity index is 326. The average Bonchev–Trinajstić information content (AvgIpc) is 2.17. The van der Waals surface area contributed by atoms with E-state index in [9.17, 15) is 0 Å². The molecule has 0 aliphatic carbocycles. The van der Waals surface area contributed by atoms with Gasteiger partial charge in [-0.3, -0.25) is 5.84 Å². The summed E-state index contributed by atoms with van der Waals surface area (Å²) in [4.78, 5) is 8.36. The van der Waals surface area contributed by atoms with E-state index in [1.165, 1.54) is 0 Å². The summed E-state index contributed by atoms with van der Waals surface area (Å²) < 4.78 is 0.